The third kappa shape index (κ3) is 4.34. The average Bonchev–Trinajstić information content (AvgIpc) is 3.16. The third-order valence-corrected chi connectivity index (χ3v) is 5.51. The van der Waals surface area contributed by atoms with E-state index in [9.17, 15) is 13.2 Å². The molecule has 1 aromatic heterocycles. The molecule has 134 valence electrons. The zero-order chi connectivity index (χ0) is 18.6. The van der Waals surface area contributed by atoms with Gasteiger partial charge in [-0.25, -0.2) is 8.42 Å². The number of anilines is 1. The summed E-state index contributed by atoms with van der Waals surface area (Å²) in [7, 11) is -3.48. The summed E-state index contributed by atoms with van der Waals surface area (Å²) in [4.78, 5) is 13.7. The van der Waals surface area contributed by atoms with Crippen molar-refractivity contribution in [3.8, 4) is 5.69 Å². The highest BCUT2D eigenvalue weighted by Gasteiger charge is 2.16. The molecule has 0 saturated heterocycles. The van der Waals surface area contributed by atoms with Crippen molar-refractivity contribution >= 4 is 21.4 Å². The van der Waals surface area contributed by atoms with Crippen LogP contribution in [-0.4, -0.2) is 35.1 Å². The zero-order valence-corrected chi connectivity index (χ0v) is 15.0. The molecule has 1 amide bonds. The second-order valence-corrected chi connectivity index (χ2v) is 7.90. The molecule has 2 aromatic carbocycles. The number of hydrogen-bond acceptors (Lipinski definition) is 5. The molecular weight excluding hydrogens is 352 g/mol. The van der Waals surface area contributed by atoms with Crippen molar-refractivity contribution in [1.82, 2.24) is 15.0 Å². The lowest BCUT2D eigenvalue weighted by Gasteiger charge is -2.07. The number of amides is 1. The topological polar surface area (TPSA) is 94.0 Å². The lowest BCUT2D eigenvalue weighted by Crippen LogP contribution is -2.17. The minimum atomic E-state index is -3.48. The molecule has 1 N–H and O–H groups in total. The Balaban J connectivity index is 1.58. The minimum absolute atomic E-state index is 0.112. The standard InChI is InChI=1S/C18H18N4O3S/c1-14-2-8-17(9-3-14)26(24,25)13-10-18(23)21-15-4-6-16(7-5-15)22-19-11-12-20-22/h2-9,11-12H,10,13H2,1H3,(H,21,23). The summed E-state index contributed by atoms with van der Waals surface area (Å²) in [6, 6.07) is 13.6. The van der Waals surface area contributed by atoms with Gasteiger partial charge in [0, 0.05) is 12.1 Å². The lowest BCUT2D eigenvalue weighted by molar-refractivity contribution is -0.115. The van der Waals surface area contributed by atoms with Crippen LogP contribution >= 0.6 is 0 Å². The summed E-state index contributed by atoms with van der Waals surface area (Å²) in [5.41, 5.74) is 2.32. The molecule has 0 bridgehead atoms. The van der Waals surface area contributed by atoms with E-state index in [2.05, 4.69) is 15.5 Å². The summed E-state index contributed by atoms with van der Waals surface area (Å²) < 4.78 is 24.6. The number of benzene rings is 2. The first kappa shape index (κ1) is 17.8. The second kappa shape index (κ2) is 7.49. The molecular formula is C18H18N4O3S. The largest absolute Gasteiger partial charge is 0.326 e. The van der Waals surface area contributed by atoms with Crippen LogP contribution in [0.4, 0.5) is 5.69 Å². The van der Waals surface area contributed by atoms with Crippen molar-refractivity contribution in [2.75, 3.05) is 11.1 Å². The van der Waals surface area contributed by atoms with Gasteiger partial charge in [0.1, 0.15) is 0 Å². The molecule has 1 heterocycles. The fraction of sp³-hybridized carbons (Fsp3) is 0.167. The molecule has 0 spiro atoms. The Labute approximate surface area is 151 Å². The highest BCUT2D eigenvalue weighted by atomic mass is 32.2. The Morgan fingerprint density at radius 3 is 2.23 bits per heavy atom. The Morgan fingerprint density at radius 2 is 1.62 bits per heavy atom. The maximum Gasteiger partial charge on any atom is 0.225 e. The van der Waals surface area contributed by atoms with Crippen molar-refractivity contribution in [3.05, 3.63) is 66.5 Å². The Kier molecular flexibility index (Phi) is 5.13. The van der Waals surface area contributed by atoms with Crippen LogP contribution in [0.15, 0.2) is 65.8 Å². The molecule has 3 aromatic rings. The minimum Gasteiger partial charge on any atom is -0.326 e. The highest BCUT2D eigenvalue weighted by molar-refractivity contribution is 7.91. The van der Waals surface area contributed by atoms with Gasteiger partial charge >= 0.3 is 0 Å². The Morgan fingerprint density at radius 1 is 1.00 bits per heavy atom. The summed E-state index contributed by atoms with van der Waals surface area (Å²) in [6.07, 6.45) is 3.03. The normalized spacial score (nSPS) is 11.3. The molecule has 0 unspecified atom stereocenters. The van der Waals surface area contributed by atoms with Gasteiger partial charge in [-0.15, -0.1) is 0 Å². The van der Waals surface area contributed by atoms with Gasteiger partial charge in [0.05, 0.1) is 28.7 Å². The first-order chi connectivity index (χ1) is 12.4. The predicted octanol–water partition coefficient (Wildman–Crippen LogP) is 2.38. The average molecular weight is 370 g/mol. The number of aryl methyl sites for hydroxylation is 1. The number of nitrogens with one attached hydrogen (secondary N) is 1. The maximum absolute atomic E-state index is 12.3. The Hall–Kier alpha value is -3.00. The van der Waals surface area contributed by atoms with Crippen LogP contribution in [0.5, 0.6) is 0 Å². The number of hydrogen-bond donors (Lipinski definition) is 1. The van der Waals surface area contributed by atoms with E-state index in [0.717, 1.165) is 11.3 Å². The van der Waals surface area contributed by atoms with E-state index < -0.39 is 9.84 Å². The van der Waals surface area contributed by atoms with Crippen LogP contribution in [0.2, 0.25) is 0 Å². The zero-order valence-electron chi connectivity index (χ0n) is 14.2. The SMILES string of the molecule is Cc1ccc(S(=O)(=O)CCC(=O)Nc2ccc(-n3nccn3)cc2)cc1. The van der Waals surface area contributed by atoms with Crippen molar-refractivity contribution in [2.45, 2.75) is 18.2 Å². The third-order valence-electron chi connectivity index (χ3n) is 3.78. The van der Waals surface area contributed by atoms with Crippen LogP contribution in [0, 0.1) is 6.92 Å². The summed E-state index contributed by atoms with van der Waals surface area (Å²) in [5, 5.41) is 10.7. The van der Waals surface area contributed by atoms with Crippen LogP contribution in [0.25, 0.3) is 5.69 Å². The van der Waals surface area contributed by atoms with E-state index in [4.69, 9.17) is 0 Å². The molecule has 3 rings (SSSR count). The van der Waals surface area contributed by atoms with Crippen molar-refractivity contribution in [2.24, 2.45) is 0 Å². The van der Waals surface area contributed by atoms with Crippen LogP contribution in [-0.2, 0) is 14.6 Å². The Bertz CT molecular complexity index is 980. The monoisotopic (exact) mass is 370 g/mol. The first-order valence-electron chi connectivity index (χ1n) is 8.00. The number of aromatic nitrogens is 3. The smallest absolute Gasteiger partial charge is 0.225 e. The molecule has 0 saturated carbocycles. The van der Waals surface area contributed by atoms with E-state index >= 15 is 0 Å². The molecule has 8 heteroatoms. The molecule has 0 fully saturated rings. The molecule has 0 aliphatic heterocycles. The van der Waals surface area contributed by atoms with E-state index in [1.165, 1.54) is 4.80 Å². The molecule has 26 heavy (non-hydrogen) atoms. The fourth-order valence-corrected chi connectivity index (χ4v) is 3.58. The van der Waals surface area contributed by atoms with Gasteiger partial charge in [-0.1, -0.05) is 17.7 Å². The number of nitrogens with zero attached hydrogens (tertiary/aromatic N) is 3. The second-order valence-electron chi connectivity index (χ2n) is 5.80. The highest BCUT2D eigenvalue weighted by Crippen LogP contribution is 2.15. The van der Waals surface area contributed by atoms with Crippen molar-refractivity contribution < 1.29 is 13.2 Å². The van der Waals surface area contributed by atoms with Gasteiger partial charge < -0.3 is 5.32 Å². The van der Waals surface area contributed by atoms with E-state index in [-0.39, 0.29) is 23.0 Å². The molecule has 0 aliphatic rings. The maximum atomic E-state index is 12.3. The van der Waals surface area contributed by atoms with Crippen molar-refractivity contribution in [1.29, 1.82) is 0 Å². The van der Waals surface area contributed by atoms with Gasteiger partial charge in [0.25, 0.3) is 0 Å². The van der Waals surface area contributed by atoms with Gasteiger partial charge in [-0.2, -0.15) is 15.0 Å². The molecule has 0 aliphatic carbocycles. The summed E-state index contributed by atoms with van der Waals surface area (Å²) >= 11 is 0. The predicted molar refractivity (Wildman–Crippen MR) is 97.8 cm³/mol. The van der Waals surface area contributed by atoms with Crippen molar-refractivity contribution in [3.63, 3.8) is 0 Å². The van der Waals surface area contributed by atoms with Crippen LogP contribution in [0.3, 0.4) is 0 Å². The summed E-state index contributed by atoms with van der Waals surface area (Å²) in [5.74, 6) is -0.595. The number of rotatable bonds is 6. The quantitative estimate of drug-likeness (QED) is 0.719. The molecule has 7 nitrogen and oxygen atoms in total. The summed E-state index contributed by atoms with van der Waals surface area (Å²) in [6.45, 7) is 1.89. The first-order valence-corrected chi connectivity index (χ1v) is 9.65. The van der Waals surface area contributed by atoms with E-state index in [0.29, 0.717) is 5.69 Å². The fourth-order valence-electron chi connectivity index (χ4n) is 2.34. The number of sulfone groups is 1. The van der Waals surface area contributed by atoms with E-state index in [1.807, 2.05) is 6.92 Å². The van der Waals surface area contributed by atoms with E-state index in [1.54, 1.807) is 60.9 Å². The molecule has 0 atom stereocenters. The van der Waals surface area contributed by atoms with Crippen LogP contribution < -0.4 is 5.32 Å². The van der Waals surface area contributed by atoms with Crippen LogP contribution in [0.1, 0.15) is 12.0 Å². The number of carbonyl (C=O) groups is 1. The van der Waals surface area contributed by atoms with Gasteiger partial charge in [0.15, 0.2) is 9.84 Å². The van der Waals surface area contributed by atoms with Gasteiger partial charge in [0.2, 0.25) is 5.91 Å². The lowest BCUT2D eigenvalue weighted by atomic mass is 10.2. The number of carbonyl (C=O) groups excluding carboxylic acids is 1. The van der Waals surface area contributed by atoms with Gasteiger partial charge in [-0.05, 0) is 43.3 Å². The molecule has 0 radical (unpaired) electrons. The van der Waals surface area contributed by atoms with Gasteiger partial charge in [-0.3, -0.25) is 4.79 Å².